The molecule has 0 radical (unpaired) electrons. The lowest BCUT2D eigenvalue weighted by molar-refractivity contribution is -0.116. The van der Waals surface area contributed by atoms with Crippen molar-refractivity contribution in [1.82, 2.24) is 10.3 Å². The summed E-state index contributed by atoms with van der Waals surface area (Å²) < 4.78 is 0. The predicted molar refractivity (Wildman–Crippen MR) is 81.8 cm³/mol. The van der Waals surface area contributed by atoms with Gasteiger partial charge in [0, 0.05) is 29.2 Å². The van der Waals surface area contributed by atoms with E-state index in [1.54, 1.807) is 17.5 Å². The van der Waals surface area contributed by atoms with Gasteiger partial charge >= 0.3 is 0 Å². The van der Waals surface area contributed by atoms with E-state index in [0.29, 0.717) is 12.3 Å². The third-order valence-corrected chi connectivity index (χ3v) is 4.31. The van der Waals surface area contributed by atoms with Gasteiger partial charge in [-0.1, -0.05) is 0 Å². The second-order valence-corrected chi connectivity index (χ2v) is 5.92. The minimum absolute atomic E-state index is 0.0979. The van der Waals surface area contributed by atoms with Crippen LogP contribution < -0.4 is 10.6 Å². The van der Waals surface area contributed by atoms with E-state index in [-0.39, 0.29) is 5.91 Å². The van der Waals surface area contributed by atoms with Crippen LogP contribution in [0.5, 0.6) is 0 Å². The molecule has 5 heteroatoms. The van der Waals surface area contributed by atoms with Crippen LogP contribution in [0.15, 0.2) is 35.8 Å². The zero-order valence-electron chi connectivity index (χ0n) is 11.1. The molecule has 1 aliphatic heterocycles. The van der Waals surface area contributed by atoms with Gasteiger partial charge in [-0.15, -0.1) is 11.3 Å². The highest BCUT2D eigenvalue weighted by atomic mass is 32.1. The first kappa shape index (κ1) is 13.3. The number of nitrogens with one attached hydrogen (secondary N) is 2. The van der Waals surface area contributed by atoms with Crippen LogP contribution in [0.1, 0.15) is 12.8 Å². The topological polar surface area (TPSA) is 54.0 Å². The predicted octanol–water partition coefficient (Wildman–Crippen LogP) is 2.75. The second-order valence-electron chi connectivity index (χ2n) is 5.03. The second kappa shape index (κ2) is 6.15. The highest BCUT2D eigenvalue weighted by molar-refractivity contribution is 7.13. The lowest BCUT2D eigenvalue weighted by Gasteiger charge is -2.09. The van der Waals surface area contributed by atoms with Crippen molar-refractivity contribution >= 4 is 22.9 Å². The maximum absolute atomic E-state index is 11.9. The summed E-state index contributed by atoms with van der Waals surface area (Å²) in [5, 5.41) is 9.20. The summed E-state index contributed by atoms with van der Waals surface area (Å²) in [6.07, 6.45) is 3.49. The Bertz CT molecular complexity index is 559. The van der Waals surface area contributed by atoms with Crippen LogP contribution in [0.4, 0.5) is 5.69 Å². The number of aromatic nitrogens is 1. The highest BCUT2D eigenvalue weighted by Crippen LogP contribution is 2.23. The molecule has 0 saturated carbocycles. The van der Waals surface area contributed by atoms with Gasteiger partial charge in [0.2, 0.25) is 5.91 Å². The Balaban J connectivity index is 1.59. The number of rotatable bonds is 4. The molecule has 4 nitrogen and oxygen atoms in total. The van der Waals surface area contributed by atoms with Crippen molar-refractivity contribution < 1.29 is 4.79 Å². The molecule has 0 aliphatic carbocycles. The standard InChI is InChI=1S/C15H17N3OS/c19-14(9-11-5-6-16-10-11)18-13-3-1-12(2-4-13)15-17-7-8-20-15/h1-4,7-8,11,16H,5-6,9-10H2,(H,18,19). The minimum Gasteiger partial charge on any atom is -0.326 e. The molecular formula is C15H17N3OS. The summed E-state index contributed by atoms with van der Waals surface area (Å²) in [6.45, 7) is 1.98. The molecule has 2 N–H and O–H groups in total. The molecule has 2 aromatic rings. The number of benzene rings is 1. The molecule has 0 bridgehead atoms. The summed E-state index contributed by atoms with van der Waals surface area (Å²) in [6, 6.07) is 7.85. The molecule has 1 fully saturated rings. The van der Waals surface area contributed by atoms with Gasteiger partial charge in [0.05, 0.1) is 0 Å². The van der Waals surface area contributed by atoms with Crippen LogP contribution in [-0.4, -0.2) is 24.0 Å². The highest BCUT2D eigenvalue weighted by Gasteiger charge is 2.17. The van der Waals surface area contributed by atoms with E-state index in [2.05, 4.69) is 15.6 Å². The molecule has 1 aromatic carbocycles. The summed E-state index contributed by atoms with van der Waals surface area (Å²) in [4.78, 5) is 16.2. The Morgan fingerprint density at radius 2 is 2.25 bits per heavy atom. The number of hydrogen-bond donors (Lipinski definition) is 2. The lowest BCUT2D eigenvalue weighted by Crippen LogP contribution is -2.18. The van der Waals surface area contributed by atoms with Gasteiger partial charge in [0.25, 0.3) is 0 Å². The number of amides is 1. The molecule has 1 saturated heterocycles. The molecule has 104 valence electrons. The first-order chi connectivity index (χ1) is 9.81. The van der Waals surface area contributed by atoms with Crippen LogP contribution in [0.2, 0.25) is 0 Å². The Labute approximate surface area is 122 Å². The quantitative estimate of drug-likeness (QED) is 0.909. The first-order valence-corrected chi connectivity index (χ1v) is 7.70. The Morgan fingerprint density at radius 1 is 1.40 bits per heavy atom. The van der Waals surface area contributed by atoms with Crippen molar-refractivity contribution in [1.29, 1.82) is 0 Å². The Hall–Kier alpha value is -1.72. The van der Waals surface area contributed by atoms with E-state index in [1.165, 1.54) is 0 Å². The fourth-order valence-electron chi connectivity index (χ4n) is 2.43. The van der Waals surface area contributed by atoms with E-state index in [4.69, 9.17) is 0 Å². The average Bonchev–Trinajstić information content (AvgIpc) is 3.12. The molecular weight excluding hydrogens is 270 g/mol. The summed E-state index contributed by atoms with van der Waals surface area (Å²) in [5.41, 5.74) is 1.93. The van der Waals surface area contributed by atoms with E-state index in [9.17, 15) is 4.79 Å². The Kier molecular flexibility index (Phi) is 4.08. The number of hydrogen-bond acceptors (Lipinski definition) is 4. The van der Waals surface area contributed by atoms with Crippen molar-refractivity contribution in [3.8, 4) is 10.6 Å². The van der Waals surface area contributed by atoms with Gasteiger partial charge < -0.3 is 10.6 Å². The summed E-state index contributed by atoms with van der Waals surface area (Å²) in [7, 11) is 0. The van der Waals surface area contributed by atoms with Crippen LogP contribution >= 0.6 is 11.3 Å². The van der Waals surface area contributed by atoms with Crippen molar-refractivity contribution in [3.05, 3.63) is 35.8 Å². The lowest BCUT2D eigenvalue weighted by atomic mass is 10.0. The molecule has 1 aromatic heterocycles. The SMILES string of the molecule is O=C(CC1CCNC1)Nc1ccc(-c2nccs2)cc1. The van der Waals surface area contributed by atoms with Gasteiger partial charge in [0.1, 0.15) is 5.01 Å². The molecule has 1 aliphatic rings. The van der Waals surface area contributed by atoms with Crippen LogP contribution in [0.25, 0.3) is 10.6 Å². The van der Waals surface area contributed by atoms with Gasteiger partial charge in [-0.05, 0) is 49.7 Å². The molecule has 3 rings (SSSR count). The summed E-state index contributed by atoms with van der Waals surface area (Å²) >= 11 is 1.61. The third-order valence-electron chi connectivity index (χ3n) is 3.48. The first-order valence-electron chi connectivity index (χ1n) is 6.82. The van der Waals surface area contributed by atoms with Crippen LogP contribution in [0.3, 0.4) is 0 Å². The molecule has 20 heavy (non-hydrogen) atoms. The van der Waals surface area contributed by atoms with Gasteiger partial charge in [-0.25, -0.2) is 4.98 Å². The van der Waals surface area contributed by atoms with Crippen LogP contribution in [-0.2, 0) is 4.79 Å². The molecule has 2 heterocycles. The van der Waals surface area contributed by atoms with Crippen molar-refractivity contribution in [2.24, 2.45) is 5.92 Å². The Morgan fingerprint density at radius 3 is 2.90 bits per heavy atom. The number of carbonyl (C=O) groups is 1. The van der Waals surface area contributed by atoms with E-state index in [1.807, 2.05) is 29.6 Å². The maximum atomic E-state index is 11.9. The van der Waals surface area contributed by atoms with E-state index >= 15 is 0 Å². The van der Waals surface area contributed by atoms with Crippen molar-refractivity contribution in [2.75, 3.05) is 18.4 Å². The van der Waals surface area contributed by atoms with Gasteiger partial charge in [-0.3, -0.25) is 4.79 Å². The van der Waals surface area contributed by atoms with Crippen molar-refractivity contribution in [3.63, 3.8) is 0 Å². The van der Waals surface area contributed by atoms with Crippen LogP contribution in [0, 0.1) is 5.92 Å². The number of nitrogens with zero attached hydrogens (tertiary/aromatic N) is 1. The van der Waals surface area contributed by atoms with Gasteiger partial charge in [-0.2, -0.15) is 0 Å². The maximum Gasteiger partial charge on any atom is 0.224 e. The van der Waals surface area contributed by atoms with Crippen molar-refractivity contribution in [2.45, 2.75) is 12.8 Å². The zero-order valence-corrected chi connectivity index (χ0v) is 12.0. The van der Waals surface area contributed by atoms with Gasteiger partial charge in [0.15, 0.2) is 0 Å². The molecule has 0 spiro atoms. The van der Waals surface area contributed by atoms with E-state index in [0.717, 1.165) is 35.8 Å². The molecule has 1 amide bonds. The minimum atomic E-state index is 0.0979. The largest absolute Gasteiger partial charge is 0.326 e. The molecule has 1 unspecified atom stereocenters. The van der Waals surface area contributed by atoms with E-state index < -0.39 is 0 Å². The summed E-state index contributed by atoms with van der Waals surface area (Å²) in [5.74, 6) is 0.574. The zero-order chi connectivity index (χ0) is 13.8. The number of carbonyl (C=O) groups excluding carboxylic acids is 1. The normalized spacial score (nSPS) is 18.1. The fourth-order valence-corrected chi connectivity index (χ4v) is 3.07. The third kappa shape index (κ3) is 3.23. The number of anilines is 1. The average molecular weight is 287 g/mol. The molecule has 1 atom stereocenters. The fraction of sp³-hybridized carbons (Fsp3) is 0.333. The monoisotopic (exact) mass is 287 g/mol. The number of thiazole rings is 1. The smallest absolute Gasteiger partial charge is 0.224 e.